The zero-order chi connectivity index (χ0) is 28.0. The van der Waals surface area contributed by atoms with E-state index in [1.807, 2.05) is 30.3 Å². The third-order valence-corrected chi connectivity index (χ3v) is 6.10. The van der Waals surface area contributed by atoms with Crippen molar-refractivity contribution < 1.29 is 32.4 Å². The van der Waals surface area contributed by atoms with Gasteiger partial charge in [0.05, 0.1) is 6.54 Å². The number of alkyl halides is 3. The Labute approximate surface area is 220 Å². The van der Waals surface area contributed by atoms with Crippen LogP contribution in [0.15, 0.2) is 60.7 Å². The first-order chi connectivity index (χ1) is 18.1. The quantitative estimate of drug-likeness (QED) is 0.252. The van der Waals surface area contributed by atoms with Crippen LogP contribution in [0.4, 0.5) is 13.2 Å². The van der Waals surface area contributed by atoms with Gasteiger partial charge >= 0.3 is 12.1 Å². The smallest absolute Gasteiger partial charge is 0.354 e. The van der Waals surface area contributed by atoms with Crippen molar-refractivity contribution in [2.75, 3.05) is 19.6 Å². The van der Waals surface area contributed by atoms with Gasteiger partial charge in [-0.05, 0) is 62.6 Å². The summed E-state index contributed by atoms with van der Waals surface area (Å²) in [5, 5.41) is 3.00. The van der Waals surface area contributed by atoms with Crippen LogP contribution in [0.3, 0.4) is 0 Å². The van der Waals surface area contributed by atoms with Gasteiger partial charge in [-0.3, -0.25) is 9.59 Å². The van der Waals surface area contributed by atoms with Gasteiger partial charge in [-0.15, -0.1) is 0 Å². The van der Waals surface area contributed by atoms with E-state index in [9.17, 15) is 27.6 Å². The first kappa shape index (κ1) is 30.8. The number of aryl methyl sites for hydroxylation is 2. The Hall–Kier alpha value is -3.44. The molecule has 5 N–H and O–H groups in total. The standard InChI is InChI=1S/C27H35F3N4O4/c28-27(29,30)25(37)38-34(23(35)20-32)26(16-7-8-18-31,17-15-22-12-5-2-6-13-22)24(36)33-19-9-14-21-10-3-1-4-11-21/h1-6,10-13H,7-9,14-20,31-32H2,(H,33,36)/t26-/m1/s1. The van der Waals surface area contributed by atoms with E-state index in [1.165, 1.54) is 0 Å². The van der Waals surface area contributed by atoms with Crippen LogP contribution in [-0.4, -0.2) is 54.2 Å². The van der Waals surface area contributed by atoms with Gasteiger partial charge < -0.3 is 21.6 Å². The van der Waals surface area contributed by atoms with E-state index in [1.54, 1.807) is 30.3 Å². The highest BCUT2D eigenvalue weighted by molar-refractivity contribution is 5.92. The normalized spacial score (nSPS) is 12.9. The van der Waals surface area contributed by atoms with Crippen molar-refractivity contribution in [1.29, 1.82) is 0 Å². The molecule has 0 radical (unpaired) electrons. The lowest BCUT2D eigenvalue weighted by atomic mass is 9.84. The predicted molar refractivity (Wildman–Crippen MR) is 136 cm³/mol. The zero-order valence-corrected chi connectivity index (χ0v) is 21.2. The molecule has 2 rings (SSSR count). The summed E-state index contributed by atoms with van der Waals surface area (Å²) in [5.41, 5.74) is 11.0. The van der Waals surface area contributed by atoms with Crippen molar-refractivity contribution in [2.45, 2.75) is 56.7 Å². The van der Waals surface area contributed by atoms with E-state index in [0.717, 1.165) is 11.1 Å². The summed E-state index contributed by atoms with van der Waals surface area (Å²) in [6.45, 7) is -0.313. The van der Waals surface area contributed by atoms with Crippen LogP contribution >= 0.6 is 0 Å². The lowest BCUT2D eigenvalue weighted by Gasteiger charge is -2.40. The molecule has 0 bridgehead atoms. The van der Waals surface area contributed by atoms with Crippen LogP contribution < -0.4 is 16.8 Å². The second-order valence-electron chi connectivity index (χ2n) is 8.88. The summed E-state index contributed by atoms with van der Waals surface area (Å²) in [5.74, 6) is -4.46. The van der Waals surface area contributed by atoms with Gasteiger partial charge in [0, 0.05) is 6.54 Å². The maximum absolute atomic E-state index is 13.7. The number of rotatable bonds is 14. The highest BCUT2D eigenvalue weighted by Gasteiger charge is 2.51. The van der Waals surface area contributed by atoms with Crippen LogP contribution in [0.5, 0.6) is 0 Å². The molecule has 1 atom stereocenters. The Bertz CT molecular complexity index is 1020. The molecule has 0 saturated carbocycles. The van der Waals surface area contributed by atoms with E-state index in [2.05, 4.69) is 10.2 Å². The van der Waals surface area contributed by atoms with Crippen molar-refractivity contribution >= 4 is 17.8 Å². The third-order valence-electron chi connectivity index (χ3n) is 6.10. The van der Waals surface area contributed by atoms with Crippen molar-refractivity contribution in [3.8, 4) is 0 Å². The first-order valence-electron chi connectivity index (χ1n) is 12.5. The molecule has 38 heavy (non-hydrogen) atoms. The van der Waals surface area contributed by atoms with Crippen LogP contribution in [0.1, 0.15) is 43.2 Å². The van der Waals surface area contributed by atoms with Gasteiger partial charge in [0.2, 0.25) is 5.91 Å². The minimum atomic E-state index is -5.39. The molecule has 0 aliphatic heterocycles. The summed E-state index contributed by atoms with van der Waals surface area (Å²) in [6.07, 6.45) is -3.44. The number of carbonyl (C=O) groups excluding carboxylic acids is 3. The van der Waals surface area contributed by atoms with Gasteiger partial charge in [-0.2, -0.15) is 18.2 Å². The number of nitrogens with zero attached hydrogens (tertiary/aromatic N) is 1. The Kier molecular flexibility index (Phi) is 12.2. The molecule has 0 saturated heterocycles. The monoisotopic (exact) mass is 536 g/mol. The van der Waals surface area contributed by atoms with Crippen molar-refractivity contribution in [1.82, 2.24) is 10.4 Å². The van der Waals surface area contributed by atoms with Crippen LogP contribution in [-0.2, 0) is 32.1 Å². The number of benzene rings is 2. The Morgan fingerprint density at radius 1 is 0.816 bits per heavy atom. The van der Waals surface area contributed by atoms with Gasteiger partial charge in [0.25, 0.3) is 5.91 Å². The highest BCUT2D eigenvalue weighted by atomic mass is 19.4. The average Bonchev–Trinajstić information content (AvgIpc) is 2.92. The number of hydrogen-bond acceptors (Lipinski definition) is 6. The molecule has 0 unspecified atom stereocenters. The first-order valence-corrected chi connectivity index (χ1v) is 12.5. The van der Waals surface area contributed by atoms with E-state index < -0.39 is 36.0 Å². The number of hydrogen-bond donors (Lipinski definition) is 3. The van der Waals surface area contributed by atoms with E-state index in [-0.39, 0.29) is 37.4 Å². The second-order valence-corrected chi connectivity index (χ2v) is 8.88. The van der Waals surface area contributed by atoms with E-state index >= 15 is 0 Å². The van der Waals surface area contributed by atoms with Gasteiger partial charge in [-0.25, -0.2) is 4.79 Å². The minimum Gasteiger partial charge on any atom is -0.354 e. The molecule has 11 heteroatoms. The largest absolute Gasteiger partial charge is 0.493 e. The van der Waals surface area contributed by atoms with Crippen LogP contribution in [0.25, 0.3) is 0 Å². The fourth-order valence-corrected chi connectivity index (χ4v) is 4.10. The fourth-order valence-electron chi connectivity index (χ4n) is 4.10. The average molecular weight is 537 g/mol. The molecule has 0 aromatic heterocycles. The molecule has 0 aliphatic carbocycles. The van der Waals surface area contributed by atoms with Crippen LogP contribution in [0, 0.1) is 0 Å². The maximum atomic E-state index is 13.7. The number of halogens is 3. The number of nitrogens with two attached hydrogens (primary N) is 2. The Morgan fingerprint density at radius 2 is 1.39 bits per heavy atom. The summed E-state index contributed by atoms with van der Waals surface area (Å²) >= 11 is 0. The van der Waals surface area contributed by atoms with Gasteiger partial charge in [0.15, 0.2) is 5.54 Å². The van der Waals surface area contributed by atoms with Crippen LogP contribution in [0.2, 0.25) is 0 Å². The summed E-state index contributed by atoms with van der Waals surface area (Å²) in [6, 6.07) is 18.5. The number of nitrogens with one attached hydrogen (secondary N) is 1. The topological polar surface area (TPSA) is 128 Å². The lowest BCUT2D eigenvalue weighted by molar-refractivity contribution is -0.254. The summed E-state index contributed by atoms with van der Waals surface area (Å²) < 4.78 is 39.5. The van der Waals surface area contributed by atoms with Crippen molar-refractivity contribution in [2.24, 2.45) is 11.5 Å². The second kappa shape index (κ2) is 15.1. The number of unbranched alkanes of at least 4 members (excludes halogenated alkanes) is 1. The van der Waals surface area contributed by atoms with Gasteiger partial charge in [0.1, 0.15) is 0 Å². The summed E-state index contributed by atoms with van der Waals surface area (Å²) in [7, 11) is 0. The molecule has 0 fully saturated rings. The lowest BCUT2D eigenvalue weighted by Crippen LogP contribution is -2.63. The predicted octanol–water partition coefficient (Wildman–Crippen LogP) is 3.04. The molecular formula is C27H35F3N4O4. The SMILES string of the molecule is NCCCC[C@@](CCc1ccccc1)(C(=O)NCCCc1ccccc1)N(OC(=O)C(F)(F)F)C(=O)CN. The zero-order valence-electron chi connectivity index (χ0n) is 21.2. The molecule has 2 aromatic carbocycles. The molecule has 208 valence electrons. The molecule has 2 aromatic rings. The van der Waals surface area contributed by atoms with Gasteiger partial charge in [-0.1, -0.05) is 60.7 Å². The number of carbonyl (C=O) groups is 3. The summed E-state index contributed by atoms with van der Waals surface area (Å²) in [4.78, 5) is 43.0. The highest BCUT2D eigenvalue weighted by Crippen LogP contribution is 2.31. The molecule has 8 nitrogen and oxygen atoms in total. The third kappa shape index (κ3) is 9.14. The molecular weight excluding hydrogens is 501 g/mol. The number of hydroxylamine groups is 2. The molecule has 0 spiro atoms. The van der Waals surface area contributed by atoms with E-state index in [4.69, 9.17) is 11.5 Å². The molecule has 2 amide bonds. The Morgan fingerprint density at radius 3 is 1.92 bits per heavy atom. The molecule has 0 aliphatic rings. The van der Waals surface area contributed by atoms with Crippen molar-refractivity contribution in [3.63, 3.8) is 0 Å². The Balaban J connectivity index is 2.39. The molecule has 0 heterocycles. The number of amides is 2. The fraction of sp³-hybridized carbons (Fsp3) is 0.444. The van der Waals surface area contributed by atoms with E-state index in [0.29, 0.717) is 25.7 Å². The van der Waals surface area contributed by atoms with Crippen molar-refractivity contribution in [3.05, 3.63) is 71.8 Å². The maximum Gasteiger partial charge on any atom is 0.493 e. The minimum absolute atomic E-state index is 0.0849.